The van der Waals surface area contributed by atoms with Crippen molar-refractivity contribution in [1.29, 1.82) is 0 Å². The van der Waals surface area contributed by atoms with Crippen LogP contribution in [0.3, 0.4) is 0 Å². The van der Waals surface area contributed by atoms with Crippen molar-refractivity contribution >= 4 is 5.78 Å². The van der Waals surface area contributed by atoms with Gasteiger partial charge in [0.25, 0.3) is 0 Å². The number of carbonyl (C=O) groups excluding carboxylic acids is 1. The number of hydrogen-bond acceptors (Lipinski definition) is 2. The first-order chi connectivity index (χ1) is 9.10. The lowest BCUT2D eigenvalue weighted by molar-refractivity contribution is 0.0543. The highest BCUT2D eigenvalue weighted by molar-refractivity contribution is 5.99. The minimum Gasteiger partial charge on any atom is -0.385 e. The van der Waals surface area contributed by atoms with E-state index < -0.39 is 6.10 Å². The lowest BCUT2D eigenvalue weighted by Gasteiger charge is -2.24. The van der Waals surface area contributed by atoms with E-state index in [0.717, 1.165) is 25.7 Å². The Morgan fingerprint density at radius 3 is 2.37 bits per heavy atom. The predicted molar refractivity (Wildman–Crippen MR) is 79.2 cm³/mol. The second-order valence-corrected chi connectivity index (χ2v) is 5.47. The molecule has 0 aliphatic heterocycles. The molecule has 0 spiro atoms. The standard InChI is InChI=1S/C17H26O2/c1-4-9-15(12-13(3)5-2)17(19)16(18)14-10-7-6-8-11-14/h6-8,10-11,13,15,17,19H,4-5,9,12H2,1-3H3. The minimum absolute atomic E-state index is 0.0765. The van der Waals surface area contributed by atoms with E-state index in [1.807, 2.05) is 18.2 Å². The summed E-state index contributed by atoms with van der Waals surface area (Å²) in [5, 5.41) is 10.4. The number of Topliss-reactive ketones (excluding diaryl/α,β-unsaturated/α-hetero) is 1. The third-order valence-electron chi connectivity index (χ3n) is 3.83. The largest absolute Gasteiger partial charge is 0.385 e. The van der Waals surface area contributed by atoms with E-state index in [-0.39, 0.29) is 11.7 Å². The molecular weight excluding hydrogens is 236 g/mol. The maximum Gasteiger partial charge on any atom is 0.191 e. The van der Waals surface area contributed by atoms with Crippen LogP contribution in [0.5, 0.6) is 0 Å². The molecule has 0 saturated carbocycles. The summed E-state index contributed by atoms with van der Waals surface area (Å²) in [5.74, 6) is 0.491. The Labute approximate surface area is 116 Å². The summed E-state index contributed by atoms with van der Waals surface area (Å²) < 4.78 is 0. The number of aliphatic hydroxyl groups excluding tert-OH is 1. The van der Waals surface area contributed by atoms with Crippen molar-refractivity contribution in [1.82, 2.24) is 0 Å². The van der Waals surface area contributed by atoms with Crippen molar-refractivity contribution in [2.24, 2.45) is 11.8 Å². The SMILES string of the molecule is CCCC(CC(C)CC)C(O)C(=O)c1ccccc1. The van der Waals surface area contributed by atoms with Crippen molar-refractivity contribution in [2.75, 3.05) is 0 Å². The van der Waals surface area contributed by atoms with Gasteiger partial charge in [0.1, 0.15) is 6.10 Å². The molecule has 1 rings (SSSR count). The lowest BCUT2D eigenvalue weighted by atomic mass is 9.84. The molecule has 0 aliphatic rings. The number of carbonyl (C=O) groups is 1. The summed E-state index contributed by atoms with van der Waals surface area (Å²) in [6, 6.07) is 9.11. The van der Waals surface area contributed by atoms with Gasteiger partial charge in [-0.3, -0.25) is 4.79 Å². The van der Waals surface area contributed by atoms with Gasteiger partial charge >= 0.3 is 0 Å². The molecule has 2 heteroatoms. The quantitative estimate of drug-likeness (QED) is 0.717. The van der Waals surface area contributed by atoms with E-state index in [1.165, 1.54) is 0 Å². The zero-order chi connectivity index (χ0) is 14.3. The van der Waals surface area contributed by atoms with Gasteiger partial charge in [-0.1, -0.05) is 63.9 Å². The Balaban J connectivity index is 2.75. The molecule has 19 heavy (non-hydrogen) atoms. The fourth-order valence-electron chi connectivity index (χ4n) is 2.45. The van der Waals surface area contributed by atoms with Crippen molar-refractivity contribution in [3.05, 3.63) is 35.9 Å². The summed E-state index contributed by atoms with van der Waals surface area (Å²) in [5.41, 5.74) is 0.611. The Morgan fingerprint density at radius 2 is 1.84 bits per heavy atom. The Kier molecular flexibility index (Phi) is 6.79. The van der Waals surface area contributed by atoms with Crippen molar-refractivity contribution in [3.63, 3.8) is 0 Å². The molecule has 2 nitrogen and oxygen atoms in total. The van der Waals surface area contributed by atoms with Crippen LogP contribution in [-0.4, -0.2) is 17.0 Å². The van der Waals surface area contributed by atoms with Gasteiger partial charge in [0, 0.05) is 5.56 Å². The summed E-state index contributed by atoms with van der Waals surface area (Å²) in [6.07, 6.45) is 3.05. The number of rotatable bonds is 8. The Bertz CT molecular complexity index is 372. The molecule has 0 heterocycles. The predicted octanol–water partition coefficient (Wildman–Crippen LogP) is 4.08. The van der Waals surface area contributed by atoms with Crippen LogP contribution < -0.4 is 0 Å². The van der Waals surface area contributed by atoms with Crippen LogP contribution >= 0.6 is 0 Å². The van der Waals surface area contributed by atoms with E-state index >= 15 is 0 Å². The molecule has 0 fully saturated rings. The van der Waals surface area contributed by atoms with Gasteiger partial charge in [-0.25, -0.2) is 0 Å². The zero-order valence-corrected chi connectivity index (χ0v) is 12.3. The van der Waals surface area contributed by atoms with E-state index in [0.29, 0.717) is 11.5 Å². The smallest absolute Gasteiger partial charge is 0.191 e. The highest BCUT2D eigenvalue weighted by atomic mass is 16.3. The van der Waals surface area contributed by atoms with Crippen LogP contribution in [0.15, 0.2) is 30.3 Å². The molecule has 3 unspecified atom stereocenters. The van der Waals surface area contributed by atoms with E-state index in [1.54, 1.807) is 12.1 Å². The monoisotopic (exact) mass is 262 g/mol. The summed E-state index contributed by atoms with van der Waals surface area (Å²) in [7, 11) is 0. The van der Waals surface area contributed by atoms with E-state index in [2.05, 4.69) is 20.8 Å². The van der Waals surface area contributed by atoms with E-state index in [9.17, 15) is 9.90 Å². The molecule has 1 N–H and O–H groups in total. The fraction of sp³-hybridized carbons (Fsp3) is 0.588. The second-order valence-electron chi connectivity index (χ2n) is 5.47. The number of aliphatic hydroxyl groups is 1. The van der Waals surface area contributed by atoms with Crippen molar-refractivity contribution in [2.45, 2.75) is 52.6 Å². The number of hydrogen-bond donors (Lipinski definition) is 1. The molecule has 0 bridgehead atoms. The highest BCUT2D eigenvalue weighted by Crippen LogP contribution is 2.24. The van der Waals surface area contributed by atoms with Crippen molar-refractivity contribution in [3.8, 4) is 0 Å². The van der Waals surface area contributed by atoms with Crippen LogP contribution in [-0.2, 0) is 0 Å². The topological polar surface area (TPSA) is 37.3 Å². The van der Waals surface area contributed by atoms with E-state index in [4.69, 9.17) is 0 Å². The average Bonchev–Trinajstić information content (AvgIpc) is 2.46. The maximum absolute atomic E-state index is 12.3. The highest BCUT2D eigenvalue weighted by Gasteiger charge is 2.27. The summed E-state index contributed by atoms with van der Waals surface area (Å²) >= 11 is 0. The number of benzene rings is 1. The molecule has 106 valence electrons. The van der Waals surface area contributed by atoms with Crippen LogP contribution in [0, 0.1) is 11.8 Å². The minimum atomic E-state index is -0.864. The number of ketones is 1. The molecule has 0 amide bonds. The Hall–Kier alpha value is -1.15. The molecule has 0 aliphatic carbocycles. The first-order valence-corrected chi connectivity index (χ1v) is 7.37. The van der Waals surface area contributed by atoms with Crippen molar-refractivity contribution < 1.29 is 9.90 Å². The second kappa shape index (κ2) is 8.11. The first-order valence-electron chi connectivity index (χ1n) is 7.37. The van der Waals surface area contributed by atoms with Gasteiger partial charge in [-0.05, 0) is 24.7 Å². The first kappa shape index (κ1) is 15.9. The van der Waals surface area contributed by atoms with Gasteiger partial charge < -0.3 is 5.11 Å². The van der Waals surface area contributed by atoms with Gasteiger partial charge in [0.05, 0.1) is 0 Å². The van der Waals surface area contributed by atoms with Crippen LogP contribution in [0.4, 0.5) is 0 Å². The molecular formula is C17H26O2. The molecule has 1 aromatic rings. The van der Waals surface area contributed by atoms with Gasteiger partial charge in [-0.15, -0.1) is 0 Å². The maximum atomic E-state index is 12.3. The fourth-order valence-corrected chi connectivity index (χ4v) is 2.45. The normalized spacial score (nSPS) is 15.8. The lowest BCUT2D eigenvalue weighted by Crippen LogP contribution is -2.31. The Morgan fingerprint density at radius 1 is 1.21 bits per heavy atom. The van der Waals surface area contributed by atoms with Gasteiger partial charge in [0.15, 0.2) is 5.78 Å². The molecule has 0 radical (unpaired) electrons. The van der Waals surface area contributed by atoms with Crippen LogP contribution in [0.1, 0.15) is 56.8 Å². The van der Waals surface area contributed by atoms with Crippen LogP contribution in [0.2, 0.25) is 0 Å². The summed E-state index contributed by atoms with van der Waals surface area (Å²) in [6.45, 7) is 6.44. The molecule has 1 aromatic carbocycles. The molecule has 0 saturated heterocycles. The van der Waals surface area contributed by atoms with Gasteiger partial charge in [-0.2, -0.15) is 0 Å². The van der Waals surface area contributed by atoms with Gasteiger partial charge in [0.2, 0.25) is 0 Å². The third kappa shape index (κ3) is 4.79. The zero-order valence-electron chi connectivity index (χ0n) is 12.3. The third-order valence-corrected chi connectivity index (χ3v) is 3.83. The summed E-state index contributed by atoms with van der Waals surface area (Å²) in [4.78, 5) is 12.3. The average molecular weight is 262 g/mol. The molecule has 3 atom stereocenters. The van der Waals surface area contributed by atoms with Crippen LogP contribution in [0.25, 0.3) is 0 Å². The molecule has 0 aromatic heterocycles.